The van der Waals surface area contributed by atoms with Crippen LogP contribution in [0, 0.1) is 5.92 Å². The van der Waals surface area contributed by atoms with Gasteiger partial charge in [0.1, 0.15) is 0 Å². The summed E-state index contributed by atoms with van der Waals surface area (Å²) in [7, 11) is 0. The maximum Gasteiger partial charge on any atom is 0.354 e. The van der Waals surface area contributed by atoms with Crippen LogP contribution in [-0.4, -0.2) is 18.3 Å². The second-order valence-electron chi connectivity index (χ2n) is 6.02. The van der Waals surface area contributed by atoms with Crippen LogP contribution in [0.1, 0.15) is 31.9 Å². The van der Waals surface area contributed by atoms with Crippen molar-refractivity contribution in [3.05, 3.63) is 64.1 Å². The van der Waals surface area contributed by atoms with Gasteiger partial charge in [-0.05, 0) is 37.1 Å². The predicted octanol–water partition coefficient (Wildman–Crippen LogP) is 5.50. The summed E-state index contributed by atoms with van der Waals surface area (Å²) in [6, 6.07) is 15.1. The molecule has 6 heteroatoms. The fraction of sp³-hybridized carbons (Fsp3) is 0.300. The molecule has 0 aromatic heterocycles. The lowest BCUT2D eigenvalue weighted by atomic mass is 9.87. The average molecular weight is 391 g/mol. The molecule has 0 saturated heterocycles. The van der Waals surface area contributed by atoms with Gasteiger partial charge in [0.15, 0.2) is 5.71 Å². The topological polar surface area (TPSA) is 41.9 Å². The van der Waals surface area contributed by atoms with E-state index in [9.17, 15) is 4.79 Å². The Labute approximate surface area is 163 Å². The molecule has 1 heterocycles. The molecule has 0 saturated carbocycles. The average Bonchev–Trinajstić information content (AvgIpc) is 3.02. The summed E-state index contributed by atoms with van der Waals surface area (Å²) in [5.41, 5.74) is 2.20. The summed E-state index contributed by atoms with van der Waals surface area (Å²) < 4.78 is 5.23. The molecule has 1 aliphatic heterocycles. The van der Waals surface area contributed by atoms with Crippen molar-refractivity contribution in [2.45, 2.75) is 26.3 Å². The van der Waals surface area contributed by atoms with Crippen LogP contribution in [0.5, 0.6) is 0 Å². The number of anilines is 1. The molecular weight excluding hydrogens is 371 g/mol. The zero-order valence-corrected chi connectivity index (χ0v) is 16.2. The SMILES string of the molecule is CCOC(=O)C1=NN(c2ccc(Cl)cc2Cl)C(c2ccccc2)C1CC. The minimum absolute atomic E-state index is 0.0943. The van der Waals surface area contributed by atoms with Crippen molar-refractivity contribution >= 4 is 40.6 Å². The maximum absolute atomic E-state index is 12.5. The highest BCUT2D eigenvalue weighted by Gasteiger charge is 2.42. The third-order valence-electron chi connectivity index (χ3n) is 4.43. The van der Waals surface area contributed by atoms with Gasteiger partial charge in [-0.2, -0.15) is 5.10 Å². The molecule has 0 spiro atoms. The number of rotatable bonds is 5. The smallest absolute Gasteiger partial charge is 0.354 e. The Morgan fingerprint density at radius 2 is 1.88 bits per heavy atom. The van der Waals surface area contributed by atoms with Gasteiger partial charge in [-0.1, -0.05) is 60.5 Å². The minimum Gasteiger partial charge on any atom is -0.461 e. The highest BCUT2D eigenvalue weighted by Crippen LogP contribution is 2.43. The number of carbonyl (C=O) groups is 1. The van der Waals surface area contributed by atoms with Gasteiger partial charge in [-0.3, -0.25) is 5.01 Å². The third-order valence-corrected chi connectivity index (χ3v) is 4.97. The first-order chi connectivity index (χ1) is 12.6. The lowest BCUT2D eigenvalue weighted by Crippen LogP contribution is -2.28. The van der Waals surface area contributed by atoms with Crippen LogP contribution in [0.4, 0.5) is 5.69 Å². The van der Waals surface area contributed by atoms with Gasteiger partial charge in [-0.25, -0.2) is 4.79 Å². The van der Waals surface area contributed by atoms with E-state index >= 15 is 0 Å². The monoisotopic (exact) mass is 390 g/mol. The summed E-state index contributed by atoms with van der Waals surface area (Å²) in [4.78, 5) is 12.5. The van der Waals surface area contributed by atoms with Gasteiger partial charge in [0, 0.05) is 10.9 Å². The number of halogens is 2. The van der Waals surface area contributed by atoms with Crippen molar-refractivity contribution < 1.29 is 9.53 Å². The number of nitrogens with zero attached hydrogens (tertiary/aromatic N) is 2. The Morgan fingerprint density at radius 3 is 2.50 bits per heavy atom. The van der Waals surface area contributed by atoms with Crippen molar-refractivity contribution in [3.63, 3.8) is 0 Å². The first-order valence-electron chi connectivity index (χ1n) is 8.61. The maximum atomic E-state index is 12.5. The van der Waals surface area contributed by atoms with Crippen molar-refractivity contribution in [1.82, 2.24) is 0 Å². The molecule has 2 aromatic carbocycles. The van der Waals surface area contributed by atoms with Gasteiger partial charge >= 0.3 is 5.97 Å². The van der Waals surface area contributed by atoms with Crippen LogP contribution < -0.4 is 5.01 Å². The van der Waals surface area contributed by atoms with Gasteiger partial charge < -0.3 is 4.74 Å². The number of hydrazone groups is 1. The van der Waals surface area contributed by atoms with Crippen LogP contribution in [0.2, 0.25) is 10.0 Å². The van der Waals surface area contributed by atoms with E-state index in [1.807, 2.05) is 48.3 Å². The number of hydrogen-bond donors (Lipinski definition) is 0. The third kappa shape index (κ3) is 3.57. The van der Waals surface area contributed by atoms with Crippen LogP contribution in [0.25, 0.3) is 0 Å². The summed E-state index contributed by atoms with van der Waals surface area (Å²) in [5.74, 6) is -0.476. The zero-order valence-electron chi connectivity index (χ0n) is 14.7. The Hall–Kier alpha value is -2.04. The zero-order chi connectivity index (χ0) is 18.7. The van der Waals surface area contributed by atoms with Gasteiger partial charge in [0.25, 0.3) is 0 Å². The number of carbonyl (C=O) groups excluding carboxylic acids is 1. The van der Waals surface area contributed by atoms with Gasteiger partial charge in [0.05, 0.1) is 23.4 Å². The standard InChI is InChI=1S/C20H20Cl2N2O2/c1-3-15-18(20(25)26-4-2)23-24(17-11-10-14(21)12-16(17)22)19(15)13-8-6-5-7-9-13/h5-12,15,19H,3-4H2,1-2H3. The molecule has 2 atom stereocenters. The van der Waals surface area contributed by atoms with Gasteiger partial charge in [-0.15, -0.1) is 0 Å². The highest BCUT2D eigenvalue weighted by molar-refractivity contribution is 6.39. The molecule has 0 amide bonds. The Bertz CT molecular complexity index is 824. The van der Waals surface area contributed by atoms with Gasteiger partial charge in [0.2, 0.25) is 0 Å². The normalized spacial score (nSPS) is 19.4. The van der Waals surface area contributed by atoms with E-state index in [4.69, 9.17) is 27.9 Å². The molecular formula is C20H20Cl2N2O2. The van der Waals surface area contributed by atoms with E-state index < -0.39 is 0 Å². The molecule has 1 aliphatic rings. The first-order valence-corrected chi connectivity index (χ1v) is 9.37. The summed E-state index contributed by atoms with van der Waals surface area (Å²) >= 11 is 12.5. The molecule has 26 heavy (non-hydrogen) atoms. The second-order valence-corrected chi connectivity index (χ2v) is 6.86. The Balaban J connectivity index is 2.11. The Morgan fingerprint density at radius 1 is 1.15 bits per heavy atom. The van der Waals surface area contributed by atoms with Crippen LogP contribution in [0.15, 0.2) is 53.6 Å². The Kier molecular flexibility index (Phi) is 5.84. The molecule has 2 unspecified atom stereocenters. The molecule has 136 valence electrons. The lowest BCUT2D eigenvalue weighted by molar-refractivity contribution is -0.135. The van der Waals surface area contributed by atoms with E-state index in [0.29, 0.717) is 28.1 Å². The molecule has 0 radical (unpaired) electrons. The summed E-state index contributed by atoms with van der Waals surface area (Å²) in [6.07, 6.45) is 0.749. The van der Waals surface area contributed by atoms with Crippen molar-refractivity contribution in [2.75, 3.05) is 11.6 Å². The number of hydrogen-bond acceptors (Lipinski definition) is 4. The number of ether oxygens (including phenoxy) is 1. The summed E-state index contributed by atoms with van der Waals surface area (Å²) in [5, 5.41) is 7.48. The van der Waals surface area contributed by atoms with Crippen molar-refractivity contribution in [1.29, 1.82) is 0 Å². The van der Waals surface area contributed by atoms with Crippen molar-refractivity contribution in [3.8, 4) is 0 Å². The van der Waals surface area contributed by atoms with E-state index in [1.54, 1.807) is 19.1 Å². The molecule has 0 fully saturated rings. The first kappa shape index (κ1) is 18.7. The quantitative estimate of drug-likeness (QED) is 0.632. The number of benzene rings is 2. The van der Waals surface area contributed by atoms with E-state index in [1.165, 1.54) is 0 Å². The largest absolute Gasteiger partial charge is 0.461 e. The highest BCUT2D eigenvalue weighted by atomic mass is 35.5. The lowest BCUT2D eigenvalue weighted by Gasteiger charge is -2.28. The van der Waals surface area contributed by atoms with E-state index in [0.717, 1.165) is 12.0 Å². The summed E-state index contributed by atoms with van der Waals surface area (Å²) in [6.45, 7) is 4.14. The predicted molar refractivity (Wildman–Crippen MR) is 106 cm³/mol. The second kappa shape index (κ2) is 8.11. The molecule has 4 nitrogen and oxygen atoms in total. The van der Waals surface area contributed by atoms with E-state index in [-0.39, 0.29) is 17.9 Å². The molecule has 0 bridgehead atoms. The van der Waals surface area contributed by atoms with E-state index in [2.05, 4.69) is 5.10 Å². The van der Waals surface area contributed by atoms with Crippen LogP contribution >= 0.6 is 23.2 Å². The number of esters is 1. The minimum atomic E-state index is -0.382. The molecule has 3 rings (SSSR count). The molecule has 2 aromatic rings. The van der Waals surface area contributed by atoms with Crippen LogP contribution in [-0.2, 0) is 9.53 Å². The van der Waals surface area contributed by atoms with Crippen LogP contribution in [0.3, 0.4) is 0 Å². The molecule has 0 N–H and O–H groups in total. The molecule has 0 aliphatic carbocycles. The fourth-order valence-corrected chi connectivity index (χ4v) is 3.78. The van der Waals surface area contributed by atoms with Crippen molar-refractivity contribution in [2.24, 2.45) is 11.0 Å². The fourth-order valence-electron chi connectivity index (χ4n) is 3.28.